The van der Waals surface area contributed by atoms with E-state index in [1.54, 1.807) is 0 Å². The number of piperazine rings is 1. The van der Waals surface area contributed by atoms with Crippen LogP contribution in [0.3, 0.4) is 0 Å². The summed E-state index contributed by atoms with van der Waals surface area (Å²) >= 11 is 0. The molecule has 1 saturated heterocycles. The number of halogens is 2. The number of alkyl halides is 2. The van der Waals surface area contributed by atoms with Crippen molar-refractivity contribution < 1.29 is 8.78 Å². The second-order valence-electron chi connectivity index (χ2n) is 5.08. The molecule has 1 heterocycles. The monoisotopic (exact) mass is 232 g/mol. The average Bonchev–Trinajstić information content (AvgIpc) is 2.82. The SMILES string of the molecule is FC(F)(CCN1CCNCC1)C1CCCC1. The van der Waals surface area contributed by atoms with Gasteiger partial charge < -0.3 is 10.2 Å². The van der Waals surface area contributed by atoms with E-state index in [9.17, 15) is 8.78 Å². The van der Waals surface area contributed by atoms with E-state index in [2.05, 4.69) is 10.2 Å². The molecule has 0 bridgehead atoms. The lowest BCUT2D eigenvalue weighted by atomic mass is 9.97. The van der Waals surface area contributed by atoms with Gasteiger partial charge in [0, 0.05) is 45.1 Å². The number of nitrogens with one attached hydrogen (secondary N) is 1. The molecule has 16 heavy (non-hydrogen) atoms. The van der Waals surface area contributed by atoms with Gasteiger partial charge in [0.15, 0.2) is 0 Å². The molecular formula is C12H22F2N2. The Hall–Kier alpha value is -0.220. The summed E-state index contributed by atoms with van der Waals surface area (Å²) in [7, 11) is 0. The minimum absolute atomic E-state index is 0.0532. The van der Waals surface area contributed by atoms with E-state index in [0.717, 1.165) is 51.9 Å². The molecule has 0 aromatic heterocycles. The molecule has 1 aliphatic heterocycles. The third-order valence-corrected chi connectivity index (χ3v) is 3.92. The van der Waals surface area contributed by atoms with Gasteiger partial charge in [-0.25, -0.2) is 8.78 Å². The summed E-state index contributed by atoms with van der Waals surface area (Å²) in [6.07, 6.45) is 3.50. The second kappa shape index (κ2) is 5.41. The first-order chi connectivity index (χ1) is 7.68. The van der Waals surface area contributed by atoms with Gasteiger partial charge in [0.25, 0.3) is 5.92 Å². The summed E-state index contributed by atoms with van der Waals surface area (Å²) in [5.74, 6) is -2.77. The van der Waals surface area contributed by atoms with Crippen molar-refractivity contribution in [2.75, 3.05) is 32.7 Å². The zero-order chi connectivity index (χ0) is 11.4. The Balaban J connectivity index is 1.74. The molecule has 0 atom stereocenters. The Labute approximate surface area is 96.4 Å². The molecule has 2 aliphatic rings. The van der Waals surface area contributed by atoms with Crippen molar-refractivity contribution in [3.63, 3.8) is 0 Å². The Morgan fingerprint density at radius 3 is 2.38 bits per heavy atom. The highest BCUT2D eigenvalue weighted by Gasteiger charge is 2.40. The predicted molar refractivity (Wildman–Crippen MR) is 60.8 cm³/mol. The second-order valence-corrected chi connectivity index (χ2v) is 5.08. The van der Waals surface area contributed by atoms with Gasteiger partial charge in [-0.15, -0.1) is 0 Å². The van der Waals surface area contributed by atoms with Crippen LogP contribution in [0.1, 0.15) is 32.1 Å². The van der Waals surface area contributed by atoms with Crippen molar-refractivity contribution in [2.24, 2.45) is 5.92 Å². The predicted octanol–water partition coefficient (Wildman–Crippen LogP) is 2.11. The Morgan fingerprint density at radius 2 is 1.75 bits per heavy atom. The van der Waals surface area contributed by atoms with Crippen molar-refractivity contribution in [3.05, 3.63) is 0 Å². The number of hydrogen-bond donors (Lipinski definition) is 1. The van der Waals surface area contributed by atoms with Gasteiger partial charge >= 0.3 is 0 Å². The standard InChI is InChI=1S/C12H22F2N2/c13-12(14,11-3-1-2-4-11)5-8-16-9-6-15-7-10-16/h11,15H,1-10H2. The van der Waals surface area contributed by atoms with Crippen LogP contribution in [-0.4, -0.2) is 43.5 Å². The molecule has 94 valence electrons. The van der Waals surface area contributed by atoms with E-state index < -0.39 is 5.92 Å². The zero-order valence-corrected chi connectivity index (χ0v) is 9.85. The molecule has 4 heteroatoms. The number of rotatable bonds is 4. The van der Waals surface area contributed by atoms with Crippen LogP contribution in [0.15, 0.2) is 0 Å². The molecule has 1 N–H and O–H groups in total. The van der Waals surface area contributed by atoms with Crippen LogP contribution in [0.4, 0.5) is 8.78 Å². The van der Waals surface area contributed by atoms with Gasteiger partial charge in [0.2, 0.25) is 0 Å². The molecule has 0 aromatic rings. The van der Waals surface area contributed by atoms with Crippen LogP contribution in [0, 0.1) is 5.92 Å². The maximum atomic E-state index is 13.8. The van der Waals surface area contributed by atoms with Gasteiger partial charge in [-0.1, -0.05) is 12.8 Å². The Kier molecular flexibility index (Phi) is 4.14. The molecule has 0 aromatic carbocycles. The van der Waals surface area contributed by atoms with Crippen molar-refractivity contribution in [3.8, 4) is 0 Å². The van der Waals surface area contributed by atoms with E-state index in [-0.39, 0.29) is 12.3 Å². The third kappa shape index (κ3) is 3.14. The van der Waals surface area contributed by atoms with Gasteiger partial charge in [0.1, 0.15) is 0 Å². The first kappa shape index (κ1) is 12.2. The molecular weight excluding hydrogens is 210 g/mol. The number of hydrogen-bond acceptors (Lipinski definition) is 2. The Morgan fingerprint density at radius 1 is 1.12 bits per heavy atom. The van der Waals surface area contributed by atoms with Crippen LogP contribution < -0.4 is 5.32 Å². The fourth-order valence-electron chi connectivity index (χ4n) is 2.79. The van der Waals surface area contributed by atoms with Crippen LogP contribution in [0.2, 0.25) is 0 Å². The fraction of sp³-hybridized carbons (Fsp3) is 1.00. The molecule has 1 aliphatic carbocycles. The van der Waals surface area contributed by atoms with Crippen molar-refractivity contribution >= 4 is 0 Å². The lowest BCUT2D eigenvalue weighted by Gasteiger charge is -2.30. The summed E-state index contributed by atoms with van der Waals surface area (Å²) < 4.78 is 27.7. The summed E-state index contributed by atoms with van der Waals surface area (Å²) in [5, 5.41) is 3.24. The quantitative estimate of drug-likeness (QED) is 0.798. The molecule has 1 saturated carbocycles. The van der Waals surface area contributed by atoms with Crippen molar-refractivity contribution in [2.45, 2.75) is 38.0 Å². The lowest BCUT2D eigenvalue weighted by Crippen LogP contribution is -2.45. The first-order valence-corrected chi connectivity index (χ1v) is 6.49. The van der Waals surface area contributed by atoms with E-state index in [0.29, 0.717) is 6.54 Å². The van der Waals surface area contributed by atoms with Gasteiger partial charge in [0.05, 0.1) is 0 Å². The molecule has 2 fully saturated rings. The summed E-state index contributed by atoms with van der Waals surface area (Å²) in [6.45, 7) is 4.27. The van der Waals surface area contributed by atoms with Crippen molar-refractivity contribution in [1.29, 1.82) is 0 Å². The molecule has 0 unspecified atom stereocenters. The average molecular weight is 232 g/mol. The maximum Gasteiger partial charge on any atom is 0.252 e. The molecule has 0 spiro atoms. The highest BCUT2D eigenvalue weighted by molar-refractivity contribution is 4.83. The smallest absolute Gasteiger partial charge is 0.252 e. The minimum Gasteiger partial charge on any atom is -0.314 e. The summed E-state index contributed by atoms with van der Waals surface area (Å²) in [4.78, 5) is 2.15. The van der Waals surface area contributed by atoms with Crippen LogP contribution in [0.5, 0.6) is 0 Å². The highest BCUT2D eigenvalue weighted by Crippen LogP contribution is 2.39. The topological polar surface area (TPSA) is 15.3 Å². The van der Waals surface area contributed by atoms with Crippen LogP contribution in [-0.2, 0) is 0 Å². The normalized spacial score (nSPS) is 25.1. The van der Waals surface area contributed by atoms with Crippen LogP contribution in [0.25, 0.3) is 0 Å². The summed E-state index contributed by atoms with van der Waals surface area (Å²) in [5.41, 5.74) is 0. The molecule has 0 amide bonds. The fourth-order valence-corrected chi connectivity index (χ4v) is 2.79. The molecule has 2 nitrogen and oxygen atoms in total. The lowest BCUT2D eigenvalue weighted by molar-refractivity contribution is -0.0688. The minimum atomic E-state index is -2.43. The van der Waals surface area contributed by atoms with Gasteiger partial charge in [-0.05, 0) is 12.8 Å². The zero-order valence-electron chi connectivity index (χ0n) is 9.85. The largest absolute Gasteiger partial charge is 0.314 e. The van der Waals surface area contributed by atoms with E-state index in [1.807, 2.05) is 0 Å². The summed E-state index contributed by atoms with van der Waals surface area (Å²) in [6, 6.07) is 0. The number of nitrogens with zero attached hydrogens (tertiary/aromatic N) is 1. The third-order valence-electron chi connectivity index (χ3n) is 3.92. The van der Waals surface area contributed by atoms with Gasteiger partial charge in [-0.3, -0.25) is 0 Å². The van der Waals surface area contributed by atoms with E-state index in [4.69, 9.17) is 0 Å². The van der Waals surface area contributed by atoms with Gasteiger partial charge in [-0.2, -0.15) is 0 Å². The van der Waals surface area contributed by atoms with Crippen LogP contribution >= 0.6 is 0 Å². The first-order valence-electron chi connectivity index (χ1n) is 6.49. The highest BCUT2D eigenvalue weighted by atomic mass is 19.3. The maximum absolute atomic E-state index is 13.8. The van der Waals surface area contributed by atoms with E-state index in [1.165, 1.54) is 0 Å². The Bertz CT molecular complexity index is 209. The van der Waals surface area contributed by atoms with E-state index >= 15 is 0 Å². The van der Waals surface area contributed by atoms with Crippen molar-refractivity contribution in [1.82, 2.24) is 10.2 Å². The molecule has 0 radical (unpaired) electrons. The molecule has 2 rings (SSSR count).